The molecular formula is C9H9Cl2N3. The molecule has 0 amide bonds. The van der Waals surface area contributed by atoms with E-state index in [1.165, 1.54) is 0 Å². The molecule has 0 saturated carbocycles. The van der Waals surface area contributed by atoms with E-state index in [1.54, 1.807) is 12.1 Å². The molecule has 5 heteroatoms. The van der Waals surface area contributed by atoms with Crippen molar-refractivity contribution in [2.24, 2.45) is 0 Å². The average molecular weight is 230 g/mol. The van der Waals surface area contributed by atoms with Gasteiger partial charge in [0.2, 0.25) is 5.95 Å². The number of H-pyrrole nitrogens is 1. The van der Waals surface area contributed by atoms with Crippen LogP contribution in [0.4, 0.5) is 5.95 Å². The molecule has 0 unspecified atom stereocenters. The molecule has 1 aromatic heterocycles. The van der Waals surface area contributed by atoms with Crippen LogP contribution in [0, 0.1) is 0 Å². The van der Waals surface area contributed by atoms with Crippen LogP contribution in [0.3, 0.4) is 0 Å². The van der Waals surface area contributed by atoms with Gasteiger partial charge in [-0.15, -0.1) is 0 Å². The fraction of sp³-hybridized carbons (Fsp3) is 0.222. The fourth-order valence-electron chi connectivity index (χ4n) is 1.20. The van der Waals surface area contributed by atoms with Crippen molar-refractivity contribution < 1.29 is 0 Å². The monoisotopic (exact) mass is 229 g/mol. The topological polar surface area (TPSA) is 31.9 Å². The zero-order valence-electron chi connectivity index (χ0n) is 7.81. The van der Waals surface area contributed by atoms with Crippen molar-refractivity contribution >= 4 is 40.2 Å². The third-order valence-electron chi connectivity index (χ3n) is 1.94. The first-order chi connectivity index (χ1) is 6.58. The minimum Gasteiger partial charge on any atom is -0.349 e. The van der Waals surface area contributed by atoms with Gasteiger partial charge in [-0.3, -0.25) is 0 Å². The molecule has 1 heterocycles. The molecular weight excluding hydrogens is 221 g/mol. The number of anilines is 1. The van der Waals surface area contributed by atoms with Crippen LogP contribution in [0.25, 0.3) is 11.0 Å². The first kappa shape index (κ1) is 9.62. The molecule has 0 saturated heterocycles. The van der Waals surface area contributed by atoms with Gasteiger partial charge in [-0.05, 0) is 12.1 Å². The first-order valence-corrected chi connectivity index (χ1v) is 4.85. The normalized spacial score (nSPS) is 10.9. The molecule has 1 N–H and O–H groups in total. The van der Waals surface area contributed by atoms with Crippen molar-refractivity contribution in [1.82, 2.24) is 9.97 Å². The molecule has 74 valence electrons. The van der Waals surface area contributed by atoms with E-state index in [1.807, 2.05) is 19.0 Å². The Morgan fingerprint density at radius 2 is 1.86 bits per heavy atom. The van der Waals surface area contributed by atoms with Gasteiger partial charge >= 0.3 is 0 Å². The van der Waals surface area contributed by atoms with Crippen LogP contribution in [-0.2, 0) is 0 Å². The molecule has 2 rings (SSSR count). The minimum atomic E-state index is 0.524. The molecule has 1 aromatic carbocycles. The second-order valence-electron chi connectivity index (χ2n) is 3.24. The molecule has 0 bridgehead atoms. The molecule has 0 aliphatic rings. The molecule has 3 nitrogen and oxygen atoms in total. The molecule has 0 aliphatic heterocycles. The Balaban J connectivity index is 2.66. The van der Waals surface area contributed by atoms with E-state index >= 15 is 0 Å². The smallest absolute Gasteiger partial charge is 0.203 e. The van der Waals surface area contributed by atoms with Gasteiger partial charge in [0.25, 0.3) is 0 Å². The molecule has 0 fully saturated rings. The van der Waals surface area contributed by atoms with E-state index in [-0.39, 0.29) is 0 Å². The lowest BCUT2D eigenvalue weighted by Gasteiger charge is -2.05. The van der Waals surface area contributed by atoms with Gasteiger partial charge < -0.3 is 9.88 Å². The number of halogens is 2. The van der Waals surface area contributed by atoms with E-state index in [0.717, 1.165) is 17.0 Å². The van der Waals surface area contributed by atoms with E-state index in [4.69, 9.17) is 23.2 Å². The summed E-state index contributed by atoms with van der Waals surface area (Å²) in [7, 11) is 3.84. The standard InChI is InChI=1S/C9H9Cl2N3/c1-14(2)9-12-7-3-5(10)6(11)4-8(7)13-9/h3-4H,1-2H3,(H,12,13). The number of fused-ring (bicyclic) bond motifs is 1. The molecule has 0 atom stereocenters. The number of aromatic nitrogens is 2. The van der Waals surface area contributed by atoms with Gasteiger partial charge in [-0.2, -0.15) is 0 Å². The van der Waals surface area contributed by atoms with Crippen LogP contribution in [0.2, 0.25) is 10.0 Å². The van der Waals surface area contributed by atoms with Crippen LogP contribution < -0.4 is 4.90 Å². The fourth-order valence-corrected chi connectivity index (χ4v) is 1.52. The van der Waals surface area contributed by atoms with E-state index in [0.29, 0.717) is 10.0 Å². The Kier molecular flexibility index (Phi) is 2.29. The van der Waals surface area contributed by atoms with Crippen molar-refractivity contribution in [1.29, 1.82) is 0 Å². The molecule has 2 aromatic rings. The maximum Gasteiger partial charge on any atom is 0.203 e. The number of aromatic amines is 1. The number of imidazole rings is 1. The van der Waals surface area contributed by atoms with Crippen LogP contribution in [0.15, 0.2) is 12.1 Å². The Morgan fingerprint density at radius 3 is 2.50 bits per heavy atom. The molecule has 14 heavy (non-hydrogen) atoms. The van der Waals surface area contributed by atoms with Gasteiger partial charge in [0.05, 0.1) is 21.1 Å². The summed E-state index contributed by atoms with van der Waals surface area (Å²) in [5.41, 5.74) is 1.71. The number of nitrogens with one attached hydrogen (secondary N) is 1. The number of hydrogen-bond donors (Lipinski definition) is 1. The summed E-state index contributed by atoms with van der Waals surface area (Å²) < 4.78 is 0. The Hall–Kier alpha value is -0.930. The van der Waals surface area contributed by atoms with Gasteiger partial charge in [0, 0.05) is 14.1 Å². The van der Waals surface area contributed by atoms with Gasteiger partial charge in [-0.25, -0.2) is 4.98 Å². The van der Waals surface area contributed by atoms with Crippen LogP contribution in [0.5, 0.6) is 0 Å². The number of benzene rings is 1. The lowest BCUT2D eigenvalue weighted by molar-refractivity contribution is 1.05. The van der Waals surface area contributed by atoms with Crippen LogP contribution in [-0.4, -0.2) is 24.1 Å². The number of hydrogen-bond acceptors (Lipinski definition) is 2. The number of rotatable bonds is 1. The second kappa shape index (κ2) is 3.33. The summed E-state index contributed by atoms with van der Waals surface area (Å²) in [4.78, 5) is 9.37. The summed E-state index contributed by atoms with van der Waals surface area (Å²) in [5, 5.41) is 1.06. The highest BCUT2D eigenvalue weighted by atomic mass is 35.5. The zero-order valence-corrected chi connectivity index (χ0v) is 9.32. The average Bonchev–Trinajstić information content (AvgIpc) is 2.48. The predicted molar refractivity (Wildman–Crippen MR) is 60.4 cm³/mol. The maximum absolute atomic E-state index is 5.88. The third kappa shape index (κ3) is 1.53. The summed E-state index contributed by atoms with van der Waals surface area (Å²) in [6.45, 7) is 0. The largest absolute Gasteiger partial charge is 0.349 e. The van der Waals surface area contributed by atoms with E-state index in [9.17, 15) is 0 Å². The Labute approximate surface area is 91.6 Å². The van der Waals surface area contributed by atoms with Gasteiger partial charge in [-0.1, -0.05) is 23.2 Å². The summed E-state index contributed by atoms with van der Waals surface area (Å²) >= 11 is 11.8. The van der Waals surface area contributed by atoms with Gasteiger partial charge in [0.1, 0.15) is 0 Å². The molecule has 0 radical (unpaired) electrons. The van der Waals surface area contributed by atoms with E-state index in [2.05, 4.69) is 9.97 Å². The van der Waals surface area contributed by atoms with E-state index < -0.39 is 0 Å². The van der Waals surface area contributed by atoms with Crippen molar-refractivity contribution in [2.45, 2.75) is 0 Å². The number of nitrogens with zero attached hydrogens (tertiary/aromatic N) is 2. The highest BCUT2D eigenvalue weighted by molar-refractivity contribution is 6.42. The highest BCUT2D eigenvalue weighted by Crippen LogP contribution is 2.27. The first-order valence-electron chi connectivity index (χ1n) is 4.10. The molecule has 0 spiro atoms. The van der Waals surface area contributed by atoms with Crippen molar-refractivity contribution in [3.8, 4) is 0 Å². The van der Waals surface area contributed by atoms with Crippen molar-refractivity contribution in [3.63, 3.8) is 0 Å². The SMILES string of the molecule is CN(C)c1nc2cc(Cl)c(Cl)cc2[nH]1. The lowest BCUT2D eigenvalue weighted by atomic mass is 10.3. The second-order valence-corrected chi connectivity index (χ2v) is 4.05. The Bertz CT molecular complexity index is 437. The predicted octanol–water partition coefficient (Wildman–Crippen LogP) is 2.94. The third-order valence-corrected chi connectivity index (χ3v) is 2.66. The van der Waals surface area contributed by atoms with Crippen LogP contribution in [0.1, 0.15) is 0 Å². The minimum absolute atomic E-state index is 0.524. The molecule has 0 aliphatic carbocycles. The zero-order chi connectivity index (χ0) is 10.3. The summed E-state index contributed by atoms with van der Waals surface area (Å²) in [6, 6.07) is 3.53. The van der Waals surface area contributed by atoms with Crippen LogP contribution >= 0.6 is 23.2 Å². The summed E-state index contributed by atoms with van der Waals surface area (Å²) in [5.74, 6) is 0.790. The lowest BCUT2D eigenvalue weighted by Crippen LogP contribution is -2.09. The van der Waals surface area contributed by atoms with Crippen molar-refractivity contribution in [3.05, 3.63) is 22.2 Å². The quantitative estimate of drug-likeness (QED) is 0.816. The van der Waals surface area contributed by atoms with Crippen molar-refractivity contribution in [2.75, 3.05) is 19.0 Å². The Morgan fingerprint density at radius 1 is 1.21 bits per heavy atom. The highest BCUT2D eigenvalue weighted by Gasteiger charge is 2.07. The summed E-state index contributed by atoms with van der Waals surface area (Å²) in [6.07, 6.45) is 0. The maximum atomic E-state index is 5.88. The van der Waals surface area contributed by atoms with Gasteiger partial charge in [0.15, 0.2) is 0 Å².